The first-order chi connectivity index (χ1) is 15.0. The van der Waals surface area contributed by atoms with Crippen LogP contribution < -0.4 is 15.4 Å². The second-order valence-electron chi connectivity index (χ2n) is 7.46. The Balaban J connectivity index is 1.59. The normalized spacial score (nSPS) is 14.8. The summed E-state index contributed by atoms with van der Waals surface area (Å²) in [5.74, 6) is 0.868. The molecule has 2 amide bonds. The molecule has 2 N–H and O–H groups in total. The van der Waals surface area contributed by atoms with E-state index in [4.69, 9.17) is 9.47 Å². The van der Waals surface area contributed by atoms with Gasteiger partial charge in [0.05, 0.1) is 19.3 Å². The topological polar surface area (TPSA) is 100 Å². The highest BCUT2D eigenvalue weighted by Gasteiger charge is 2.27. The Morgan fingerprint density at radius 3 is 2.94 bits per heavy atom. The minimum atomic E-state index is -0.402. The van der Waals surface area contributed by atoms with Crippen LogP contribution in [0.5, 0.6) is 5.75 Å². The Morgan fingerprint density at radius 2 is 2.19 bits per heavy atom. The Hall–Kier alpha value is -3.05. The number of amides is 2. The summed E-state index contributed by atoms with van der Waals surface area (Å²) in [6.45, 7) is 2.73. The van der Waals surface area contributed by atoms with Crippen LogP contribution in [0, 0.1) is 17.2 Å². The summed E-state index contributed by atoms with van der Waals surface area (Å²) in [5.41, 5.74) is 2.61. The van der Waals surface area contributed by atoms with Crippen LogP contribution in [-0.2, 0) is 28.8 Å². The van der Waals surface area contributed by atoms with E-state index in [9.17, 15) is 14.9 Å². The number of fused-ring (bicyclic) bond motifs is 1. The molecule has 0 saturated carbocycles. The van der Waals surface area contributed by atoms with Gasteiger partial charge in [0, 0.05) is 17.8 Å². The number of nitrogens with one attached hydrogen (secondary N) is 2. The average molecular weight is 442 g/mol. The van der Waals surface area contributed by atoms with E-state index in [0.717, 1.165) is 41.0 Å². The van der Waals surface area contributed by atoms with Crippen LogP contribution >= 0.6 is 11.3 Å². The van der Waals surface area contributed by atoms with Crippen LogP contribution in [0.15, 0.2) is 24.3 Å². The molecule has 0 saturated heterocycles. The quantitative estimate of drug-likeness (QED) is 0.644. The molecule has 1 unspecified atom stereocenters. The number of benzene rings is 1. The predicted molar refractivity (Wildman–Crippen MR) is 120 cm³/mol. The third-order valence-corrected chi connectivity index (χ3v) is 6.45. The van der Waals surface area contributed by atoms with Crippen LogP contribution in [0.25, 0.3) is 0 Å². The number of thiophene rings is 1. The molecule has 1 atom stereocenters. The molecule has 8 heteroatoms. The highest BCUT2D eigenvalue weighted by molar-refractivity contribution is 7.16. The molecule has 0 fully saturated rings. The average Bonchev–Trinajstić information content (AvgIpc) is 3.12. The van der Waals surface area contributed by atoms with Crippen molar-refractivity contribution in [2.24, 2.45) is 5.92 Å². The molecule has 164 valence electrons. The first-order valence-corrected chi connectivity index (χ1v) is 11.2. The molecule has 0 aliphatic heterocycles. The SMILES string of the molecule is CCNC(=O)OCC1CCc2c(sc(NC(=O)CCc3cccc(OC)c3)c2C#N)C1. The van der Waals surface area contributed by atoms with Crippen molar-refractivity contribution in [2.75, 3.05) is 25.6 Å². The van der Waals surface area contributed by atoms with Gasteiger partial charge in [-0.2, -0.15) is 5.26 Å². The molecule has 0 radical (unpaired) electrons. The zero-order valence-electron chi connectivity index (χ0n) is 17.8. The maximum absolute atomic E-state index is 12.5. The Kier molecular flexibility index (Phi) is 7.90. The van der Waals surface area contributed by atoms with Gasteiger partial charge in [0.15, 0.2) is 0 Å². The highest BCUT2D eigenvalue weighted by Crippen LogP contribution is 2.39. The van der Waals surface area contributed by atoms with Crippen molar-refractivity contribution < 1.29 is 19.1 Å². The number of nitrogens with zero attached hydrogens (tertiary/aromatic N) is 1. The van der Waals surface area contributed by atoms with Crippen LogP contribution in [-0.4, -0.2) is 32.3 Å². The van der Waals surface area contributed by atoms with E-state index in [0.29, 0.717) is 36.6 Å². The maximum atomic E-state index is 12.5. The molecule has 1 aliphatic carbocycles. The number of aryl methyl sites for hydroxylation is 1. The van der Waals surface area contributed by atoms with Gasteiger partial charge in [0.1, 0.15) is 16.8 Å². The minimum absolute atomic E-state index is 0.117. The van der Waals surface area contributed by atoms with E-state index < -0.39 is 6.09 Å². The van der Waals surface area contributed by atoms with Gasteiger partial charge >= 0.3 is 6.09 Å². The number of carbonyl (C=O) groups excluding carboxylic acids is 2. The number of nitriles is 1. The molecule has 0 bridgehead atoms. The fourth-order valence-electron chi connectivity index (χ4n) is 3.67. The standard InChI is InChI=1S/C23H27N3O4S/c1-3-25-23(28)30-14-16-7-9-18-19(13-24)22(31-20(18)12-16)26-21(27)10-8-15-5-4-6-17(11-15)29-2/h4-6,11,16H,3,7-10,12,14H2,1-2H3,(H,25,28)(H,26,27). The number of rotatable bonds is 8. The molecule has 3 rings (SSSR count). The largest absolute Gasteiger partial charge is 0.497 e. The Morgan fingerprint density at radius 1 is 1.35 bits per heavy atom. The third kappa shape index (κ3) is 5.98. The number of hydrogen-bond donors (Lipinski definition) is 2. The van der Waals surface area contributed by atoms with Gasteiger partial charge < -0.3 is 20.1 Å². The van der Waals surface area contributed by atoms with E-state index >= 15 is 0 Å². The summed E-state index contributed by atoms with van der Waals surface area (Å²) < 4.78 is 10.5. The third-order valence-electron chi connectivity index (χ3n) is 5.28. The van der Waals surface area contributed by atoms with Crippen molar-refractivity contribution in [1.29, 1.82) is 5.26 Å². The minimum Gasteiger partial charge on any atom is -0.497 e. The zero-order valence-corrected chi connectivity index (χ0v) is 18.6. The first-order valence-electron chi connectivity index (χ1n) is 10.4. The molecule has 2 aromatic rings. The molecular weight excluding hydrogens is 414 g/mol. The number of methoxy groups -OCH3 is 1. The second kappa shape index (κ2) is 10.8. The van der Waals surface area contributed by atoms with E-state index in [1.165, 1.54) is 11.3 Å². The van der Waals surface area contributed by atoms with Gasteiger partial charge in [-0.15, -0.1) is 11.3 Å². The van der Waals surface area contributed by atoms with Crippen molar-refractivity contribution in [3.8, 4) is 11.8 Å². The fraction of sp³-hybridized carbons (Fsp3) is 0.435. The summed E-state index contributed by atoms with van der Waals surface area (Å²) in [6.07, 6.45) is 2.85. The molecule has 1 aliphatic rings. The zero-order chi connectivity index (χ0) is 22.2. The van der Waals surface area contributed by atoms with Gasteiger partial charge in [0.2, 0.25) is 5.91 Å². The van der Waals surface area contributed by atoms with Gasteiger partial charge in [-0.05, 0) is 61.8 Å². The van der Waals surface area contributed by atoms with E-state index in [2.05, 4.69) is 16.7 Å². The second-order valence-corrected chi connectivity index (χ2v) is 8.56. The number of alkyl carbamates (subject to hydrolysis) is 1. The van der Waals surface area contributed by atoms with Crippen molar-refractivity contribution in [3.05, 3.63) is 45.8 Å². The summed E-state index contributed by atoms with van der Waals surface area (Å²) in [7, 11) is 1.62. The predicted octanol–water partition coefficient (Wildman–Crippen LogP) is 4.05. The lowest BCUT2D eigenvalue weighted by atomic mass is 9.88. The van der Waals surface area contributed by atoms with Crippen molar-refractivity contribution in [1.82, 2.24) is 5.32 Å². The fourth-order valence-corrected chi connectivity index (χ4v) is 5.00. The number of anilines is 1. The van der Waals surface area contributed by atoms with Gasteiger partial charge in [-0.3, -0.25) is 4.79 Å². The van der Waals surface area contributed by atoms with Crippen molar-refractivity contribution >= 4 is 28.3 Å². The number of ether oxygens (including phenoxy) is 2. The summed E-state index contributed by atoms with van der Waals surface area (Å²) in [4.78, 5) is 25.1. The monoisotopic (exact) mass is 441 g/mol. The van der Waals surface area contributed by atoms with Crippen LogP contribution in [0.4, 0.5) is 9.80 Å². The summed E-state index contributed by atoms with van der Waals surface area (Å²) in [5, 5.41) is 15.8. The maximum Gasteiger partial charge on any atom is 0.407 e. The number of carbonyl (C=O) groups is 2. The summed E-state index contributed by atoms with van der Waals surface area (Å²) >= 11 is 1.46. The summed E-state index contributed by atoms with van der Waals surface area (Å²) in [6, 6.07) is 9.91. The first kappa shape index (κ1) is 22.6. The van der Waals surface area contributed by atoms with Crippen LogP contribution in [0.3, 0.4) is 0 Å². The lowest BCUT2D eigenvalue weighted by molar-refractivity contribution is -0.116. The lowest BCUT2D eigenvalue weighted by Crippen LogP contribution is -2.27. The van der Waals surface area contributed by atoms with E-state index in [1.807, 2.05) is 31.2 Å². The number of hydrogen-bond acceptors (Lipinski definition) is 6. The van der Waals surface area contributed by atoms with E-state index in [1.54, 1.807) is 7.11 Å². The van der Waals surface area contributed by atoms with Crippen LogP contribution in [0.1, 0.15) is 41.3 Å². The molecule has 1 heterocycles. The smallest absolute Gasteiger partial charge is 0.407 e. The van der Waals surface area contributed by atoms with Gasteiger partial charge in [-0.1, -0.05) is 12.1 Å². The lowest BCUT2D eigenvalue weighted by Gasteiger charge is -2.21. The Bertz CT molecular complexity index is 980. The van der Waals surface area contributed by atoms with Crippen molar-refractivity contribution in [2.45, 2.75) is 39.0 Å². The van der Waals surface area contributed by atoms with Crippen LogP contribution in [0.2, 0.25) is 0 Å². The molecular formula is C23H27N3O4S. The van der Waals surface area contributed by atoms with E-state index in [-0.39, 0.29) is 11.8 Å². The molecule has 7 nitrogen and oxygen atoms in total. The van der Waals surface area contributed by atoms with Gasteiger partial charge in [0.25, 0.3) is 0 Å². The Labute approximate surface area is 186 Å². The molecule has 0 spiro atoms. The molecule has 31 heavy (non-hydrogen) atoms. The molecule has 1 aromatic heterocycles. The highest BCUT2D eigenvalue weighted by atomic mass is 32.1. The molecule has 1 aromatic carbocycles. The van der Waals surface area contributed by atoms with Gasteiger partial charge in [-0.25, -0.2) is 4.79 Å². The van der Waals surface area contributed by atoms with Crippen molar-refractivity contribution in [3.63, 3.8) is 0 Å².